The van der Waals surface area contributed by atoms with E-state index in [0.717, 1.165) is 29.0 Å². The van der Waals surface area contributed by atoms with Gasteiger partial charge < -0.3 is 4.74 Å². The first kappa shape index (κ1) is 16.8. The average Bonchev–Trinajstić information content (AvgIpc) is 2.52. The molecule has 1 aromatic rings. The van der Waals surface area contributed by atoms with Gasteiger partial charge >= 0.3 is 0 Å². The van der Waals surface area contributed by atoms with Crippen molar-refractivity contribution in [3.05, 3.63) is 28.2 Å². The number of halogens is 1. The van der Waals surface area contributed by atoms with Crippen molar-refractivity contribution in [1.29, 1.82) is 0 Å². The Morgan fingerprint density at radius 1 is 1.33 bits per heavy atom. The molecule has 2 rings (SSSR count). The van der Waals surface area contributed by atoms with E-state index in [-0.39, 0.29) is 0 Å². The molecular formula is C17H27BrN2O. The molecule has 1 aromatic carbocycles. The van der Waals surface area contributed by atoms with E-state index in [9.17, 15) is 0 Å². The van der Waals surface area contributed by atoms with Crippen LogP contribution in [0.25, 0.3) is 0 Å². The Hall–Kier alpha value is -0.580. The Labute approximate surface area is 136 Å². The lowest BCUT2D eigenvalue weighted by molar-refractivity contribution is 0.313. The summed E-state index contributed by atoms with van der Waals surface area (Å²) in [5.41, 5.74) is 4.28. The molecule has 0 amide bonds. The SMILES string of the molecule is COc1ccc(CC(CCC2CCCCC2)NN)cc1Br. The van der Waals surface area contributed by atoms with Gasteiger partial charge in [-0.15, -0.1) is 0 Å². The summed E-state index contributed by atoms with van der Waals surface area (Å²) in [7, 11) is 1.69. The van der Waals surface area contributed by atoms with Crippen molar-refractivity contribution >= 4 is 15.9 Å². The van der Waals surface area contributed by atoms with E-state index < -0.39 is 0 Å². The molecule has 0 bridgehead atoms. The second kappa shape index (κ2) is 8.76. The lowest BCUT2D eigenvalue weighted by Gasteiger charge is -2.24. The lowest BCUT2D eigenvalue weighted by Crippen LogP contribution is -2.37. The van der Waals surface area contributed by atoms with Crippen molar-refractivity contribution in [1.82, 2.24) is 5.43 Å². The molecule has 1 aliphatic rings. The van der Waals surface area contributed by atoms with Gasteiger partial charge in [-0.2, -0.15) is 0 Å². The van der Waals surface area contributed by atoms with Crippen molar-refractivity contribution in [2.45, 2.75) is 57.4 Å². The first-order valence-corrected chi connectivity index (χ1v) is 8.80. The second-order valence-corrected chi connectivity index (χ2v) is 6.97. The van der Waals surface area contributed by atoms with Crippen LogP contribution >= 0.6 is 15.9 Å². The number of hydrazine groups is 1. The lowest BCUT2D eigenvalue weighted by atomic mass is 9.84. The van der Waals surface area contributed by atoms with E-state index in [0.29, 0.717) is 6.04 Å². The van der Waals surface area contributed by atoms with E-state index in [1.165, 1.54) is 44.1 Å². The zero-order valence-electron chi connectivity index (χ0n) is 12.9. The molecule has 3 nitrogen and oxygen atoms in total. The summed E-state index contributed by atoms with van der Waals surface area (Å²) in [4.78, 5) is 0. The van der Waals surface area contributed by atoms with Crippen LogP contribution in [0.15, 0.2) is 22.7 Å². The molecule has 118 valence electrons. The largest absolute Gasteiger partial charge is 0.496 e. The van der Waals surface area contributed by atoms with Crippen LogP contribution in [0.5, 0.6) is 5.75 Å². The fourth-order valence-corrected chi connectivity index (χ4v) is 3.87. The van der Waals surface area contributed by atoms with Gasteiger partial charge in [-0.1, -0.05) is 38.2 Å². The first-order chi connectivity index (χ1) is 10.2. The van der Waals surface area contributed by atoms with Crippen LogP contribution in [-0.4, -0.2) is 13.2 Å². The van der Waals surface area contributed by atoms with E-state index in [1.54, 1.807) is 7.11 Å². The Morgan fingerprint density at radius 2 is 2.10 bits per heavy atom. The maximum Gasteiger partial charge on any atom is 0.133 e. The van der Waals surface area contributed by atoms with Crippen molar-refractivity contribution in [2.24, 2.45) is 11.8 Å². The number of rotatable bonds is 7. The molecule has 3 N–H and O–H groups in total. The number of benzene rings is 1. The van der Waals surface area contributed by atoms with Crippen molar-refractivity contribution < 1.29 is 4.74 Å². The molecule has 4 heteroatoms. The van der Waals surface area contributed by atoms with E-state index in [2.05, 4.69) is 33.5 Å². The maximum atomic E-state index is 5.74. The molecule has 0 heterocycles. The number of nitrogens with one attached hydrogen (secondary N) is 1. The number of hydrogen-bond acceptors (Lipinski definition) is 3. The molecular weight excluding hydrogens is 328 g/mol. The molecule has 1 atom stereocenters. The molecule has 0 radical (unpaired) electrons. The Bertz CT molecular complexity index is 433. The maximum absolute atomic E-state index is 5.74. The Balaban J connectivity index is 1.84. The van der Waals surface area contributed by atoms with Gasteiger partial charge in [-0.25, -0.2) is 0 Å². The summed E-state index contributed by atoms with van der Waals surface area (Å²) < 4.78 is 6.28. The van der Waals surface area contributed by atoms with Gasteiger partial charge in [0, 0.05) is 6.04 Å². The van der Waals surface area contributed by atoms with Gasteiger partial charge in [0.05, 0.1) is 11.6 Å². The molecule has 1 unspecified atom stereocenters. The van der Waals surface area contributed by atoms with Gasteiger partial charge in [-0.05, 0) is 58.8 Å². The predicted octanol–water partition coefficient (Wildman–Crippen LogP) is 4.19. The monoisotopic (exact) mass is 354 g/mol. The van der Waals surface area contributed by atoms with E-state index in [4.69, 9.17) is 10.6 Å². The molecule has 1 saturated carbocycles. The third kappa shape index (κ3) is 5.28. The zero-order valence-corrected chi connectivity index (χ0v) is 14.5. The van der Waals surface area contributed by atoms with Crippen LogP contribution in [-0.2, 0) is 6.42 Å². The van der Waals surface area contributed by atoms with Crippen molar-refractivity contribution in [3.63, 3.8) is 0 Å². The number of ether oxygens (including phenoxy) is 1. The molecule has 1 aliphatic carbocycles. The minimum absolute atomic E-state index is 0.354. The van der Waals surface area contributed by atoms with Crippen LogP contribution in [0.1, 0.15) is 50.5 Å². The third-order valence-corrected chi connectivity index (χ3v) is 5.20. The van der Waals surface area contributed by atoms with Crippen LogP contribution in [0.2, 0.25) is 0 Å². The highest BCUT2D eigenvalue weighted by molar-refractivity contribution is 9.10. The van der Waals surface area contributed by atoms with Gasteiger partial charge in [0.15, 0.2) is 0 Å². The highest BCUT2D eigenvalue weighted by atomic mass is 79.9. The fourth-order valence-electron chi connectivity index (χ4n) is 3.28. The van der Waals surface area contributed by atoms with Crippen LogP contribution in [0, 0.1) is 5.92 Å². The Morgan fingerprint density at radius 3 is 2.71 bits per heavy atom. The number of nitrogens with two attached hydrogens (primary N) is 1. The smallest absolute Gasteiger partial charge is 0.133 e. The zero-order chi connectivity index (χ0) is 15.1. The predicted molar refractivity (Wildman–Crippen MR) is 91.3 cm³/mol. The standard InChI is InChI=1S/C17H27BrN2O/c1-21-17-10-8-14(12-16(17)18)11-15(20-19)9-7-13-5-3-2-4-6-13/h8,10,12-13,15,20H,2-7,9,11,19H2,1H3. The molecule has 1 fully saturated rings. The number of methoxy groups -OCH3 is 1. The quantitative estimate of drug-likeness (QED) is 0.569. The van der Waals surface area contributed by atoms with Gasteiger partial charge in [0.1, 0.15) is 5.75 Å². The summed E-state index contributed by atoms with van der Waals surface area (Å²) in [6.45, 7) is 0. The third-order valence-electron chi connectivity index (χ3n) is 4.58. The van der Waals surface area contributed by atoms with E-state index >= 15 is 0 Å². The first-order valence-electron chi connectivity index (χ1n) is 8.01. The van der Waals surface area contributed by atoms with Crippen LogP contribution in [0.4, 0.5) is 0 Å². The highest BCUT2D eigenvalue weighted by Crippen LogP contribution is 2.29. The van der Waals surface area contributed by atoms with Gasteiger partial charge in [-0.3, -0.25) is 11.3 Å². The van der Waals surface area contributed by atoms with Crippen LogP contribution in [0.3, 0.4) is 0 Å². The van der Waals surface area contributed by atoms with Crippen LogP contribution < -0.4 is 16.0 Å². The van der Waals surface area contributed by atoms with Crippen molar-refractivity contribution in [2.75, 3.05) is 7.11 Å². The van der Waals surface area contributed by atoms with Crippen molar-refractivity contribution in [3.8, 4) is 5.75 Å². The molecule has 0 spiro atoms. The summed E-state index contributed by atoms with van der Waals surface area (Å²) in [5, 5.41) is 0. The molecule has 0 aromatic heterocycles. The molecule has 0 aliphatic heterocycles. The highest BCUT2D eigenvalue weighted by Gasteiger charge is 2.16. The minimum atomic E-state index is 0.354. The summed E-state index contributed by atoms with van der Waals surface area (Å²) in [6, 6.07) is 6.61. The fraction of sp³-hybridized carbons (Fsp3) is 0.647. The summed E-state index contributed by atoms with van der Waals surface area (Å²) in [6.07, 6.45) is 10.5. The minimum Gasteiger partial charge on any atom is -0.496 e. The Kier molecular flexibility index (Phi) is 7.00. The number of hydrogen-bond donors (Lipinski definition) is 2. The normalized spacial score (nSPS) is 17.7. The summed E-state index contributed by atoms with van der Waals surface area (Å²) >= 11 is 3.54. The summed E-state index contributed by atoms with van der Waals surface area (Å²) in [5.74, 6) is 7.53. The topological polar surface area (TPSA) is 47.3 Å². The average molecular weight is 355 g/mol. The second-order valence-electron chi connectivity index (χ2n) is 6.12. The van der Waals surface area contributed by atoms with Gasteiger partial charge in [0.25, 0.3) is 0 Å². The molecule has 21 heavy (non-hydrogen) atoms. The van der Waals surface area contributed by atoms with E-state index in [1.807, 2.05) is 6.07 Å². The van der Waals surface area contributed by atoms with Gasteiger partial charge in [0.2, 0.25) is 0 Å². The molecule has 0 saturated heterocycles.